The lowest BCUT2D eigenvalue weighted by Crippen LogP contribution is -2.52. The number of aromatic amines is 1. The monoisotopic (exact) mass is 501 g/mol. The number of hydrogen-bond donors (Lipinski definition) is 3. The molecule has 2 aromatic rings. The van der Waals surface area contributed by atoms with E-state index >= 15 is 0 Å². The number of ketones is 1. The van der Waals surface area contributed by atoms with Gasteiger partial charge in [-0.1, -0.05) is 18.2 Å². The summed E-state index contributed by atoms with van der Waals surface area (Å²) in [5.41, 5.74) is 10.2. The van der Waals surface area contributed by atoms with Crippen LogP contribution in [-0.2, 0) is 39.8 Å². The van der Waals surface area contributed by atoms with Crippen LogP contribution in [0.2, 0.25) is 0 Å². The van der Waals surface area contributed by atoms with Crippen LogP contribution in [0.3, 0.4) is 0 Å². The highest BCUT2D eigenvalue weighted by Crippen LogP contribution is 2.19. The van der Waals surface area contributed by atoms with Gasteiger partial charge in [-0.15, -0.1) is 0 Å². The highest BCUT2D eigenvalue weighted by molar-refractivity contribution is 6.25. The molecular weight excluding hydrogens is 470 g/mol. The smallest absolute Gasteiger partial charge is 0.328 e. The molecular formula is C24H31N5O7. The molecule has 0 bridgehead atoms. The van der Waals surface area contributed by atoms with Gasteiger partial charge >= 0.3 is 12.2 Å². The maximum absolute atomic E-state index is 13.1. The zero-order valence-electron chi connectivity index (χ0n) is 20.3. The average molecular weight is 502 g/mol. The minimum Gasteiger partial charge on any atom is -0.462 e. The molecule has 12 heteroatoms. The Morgan fingerprint density at radius 1 is 1.08 bits per heavy atom. The fourth-order valence-electron chi connectivity index (χ4n) is 3.46. The first-order valence-electron chi connectivity index (χ1n) is 11.4. The van der Waals surface area contributed by atoms with Gasteiger partial charge in [0, 0.05) is 44.0 Å². The maximum Gasteiger partial charge on any atom is 0.328 e. The van der Waals surface area contributed by atoms with Crippen molar-refractivity contribution >= 4 is 40.7 Å². The number of esters is 1. The topological polar surface area (TPSA) is 172 Å². The molecule has 0 radical (unpaired) electrons. The standard InChI is InChI=1S/C24H31N5O7/c1-16(30)28-22(13-17-14-26-20-6-4-3-5-19(17)20)23(32)29-21(8-7-18(31)15-27-25)24(33)36-12-11-35-10-9-34-2/h3-6,14-15,21-22,26H,7-13H2,1-2H3,(H,28,30)(H,29,32)/t21-,22?/m0/s1. The number of ether oxygens (including phenoxy) is 3. The predicted molar refractivity (Wildman–Crippen MR) is 129 cm³/mol. The number of carbonyl (C=O) groups is 4. The molecule has 0 aliphatic heterocycles. The molecule has 1 unspecified atom stereocenters. The van der Waals surface area contributed by atoms with Crippen LogP contribution in [-0.4, -0.2) is 85.2 Å². The number of H-pyrrole nitrogens is 1. The molecule has 12 nitrogen and oxygen atoms in total. The Morgan fingerprint density at radius 3 is 2.56 bits per heavy atom. The van der Waals surface area contributed by atoms with E-state index in [0.717, 1.165) is 16.5 Å². The number of fused-ring (bicyclic) bond motifs is 1. The van der Waals surface area contributed by atoms with Gasteiger partial charge in [0.2, 0.25) is 17.6 Å². The third-order valence-electron chi connectivity index (χ3n) is 5.18. The zero-order valence-corrected chi connectivity index (χ0v) is 20.3. The summed E-state index contributed by atoms with van der Waals surface area (Å²) in [7, 11) is 1.53. The van der Waals surface area contributed by atoms with Crippen LogP contribution in [0.5, 0.6) is 0 Å². The molecule has 2 atom stereocenters. The van der Waals surface area contributed by atoms with Crippen molar-refractivity contribution in [1.29, 1.82) is 0 Å². The van der Waals surface area contributed by atoms with Gasteiger partial charge in [-0.2, -0.15) is 4.79 Å². The van der Waals surface area contributed by atoms with Gasteiger partial charge in [0.15, 0.2) is 0 Å². The van der Waals surface area contributed by atoms with Crippen LogP contribution >= 0.6 is 0 Å². The Labute approximate surface area is 208 Å². The Bertz CT molecular complexity index is 1090. The van der Waals surface area contributed by atoms with E-state index in [-0.39, 0.29) is 32.5 Å². The van der Waals surface area contributed by atoms with E-state index in [2.05, 4.69) is 20.4 Å². The summed E-state index contributed by atoms with van der Waals surface area (Å²) in [5.74, 6) is -2.33. The third kappa shape index (κ3) is 9.41. The molecule has 0 aliphatic carbocycles. The molecule has 0 saturated carbocycles. The lowest BCUT2D eigenvalue weighted by molar-refractivity contribution is -0.150. The van der Waals surface area contributed by atoms with Crippen LogP contribution in [0.25, 0.3) is 16.4 Å². The average Bonchev–Trinajstić information content (AvgIpc) is 3.26. The van der Waals surface area contributed by atoms with Crippen molar-refractivity contribution in [3.8, 4) is 0 Å². The number of nitrogens with zero attached hydrogens (tertiary/aromatic N) is 2. The summed E-state index contributed by atoms with van der Waals surface area (Å²) in [4.78, 5) is 55.2. The van der Waals surface area contributed by atoms with Crippen LogP contribution in [0, 0.1) is 0 Å². The van der Waals surface area contributed by atoms with Crippen molar-refractivity contribution in [2.45, 2.75) is 38.3 Å². The fourth-order valence-corrected chi connectivity index (χ4v) is 3.46. The first kappa shape index (κ1) is 28.4. The zero-order chi connectivity index (χ0) is 26.3. The van der Waals surface area contributed by atoms with Crippen molar-refractivity contribution in [2.24, 2.45) is 0 Å². The van der Waals surface area contributed by atoms with Gasteiger partial charge < -0.3 is 35.4 Å². The summed E-state index contributed by atoms with van der Waals surface area (Å²) in [6, 6.07) is 5.38. The van der Waals surface area contributed by atoms with Gasteiger partial charge in [-0.05, 0) is 18.1 Å². The predicted octanol–water partition coefficient (Wildman–Crippen LogP) is 0.556. The molecule has 0 aliphatic rings. The number of Topliss-reactive ketones (excluding diaryl/α,β-unsaturated/α-hetero) is 1. The number of hydrogen-bond acceptors (Lipinski definition) is 7. The second-order valence-electron chi connectivity index (χ2n) is 7.90. The van der Waals surface area contributed by atoms with Crippen LogP contribution < -0.4 is 10.6 Å². The van der Waals surface area contributed by atoms with E-state index in [4.69, 9.17) is 19.7 Å². The lowest BCUT2D eigenvalue weighted by atomic mass is 10.0. The number of rotatable bonds is 16. The number of benzene rings is 1. The molecule has 1 aromatic heterocycles. The first-order chi connectivity index (χ1) is 17.3. The van der Waals surface area contributed by atoms with Crippen molar-refractivity contribution in [2.75, 3.05) is 33.5 Å². The minimum atomic E-state index is -1.17. The quantitative estimate of drug-likeness (QED) is 0.0990. The fraction of sp³-hybridized carbons (Fsp3) is 0.458. The van der Waals surface area contributed by atoms with Gasteiger partial charge in [-0.25, -0.2) is 4.79 Å². The summed E-state index contributed by atoms with van der Waals surface area (Å²) in [6.07, 6.45) is 2.36. The van der Waals surface area contributed by atoms with E-state index < -0.39 is 35.7 Å². The van der Waals surface area contributed by atoms with Crippen LogP contribution in [0.1, 0.15) is 25.3 Å². The molecule has 2 rings (SSSR count). The second kappa shape index (κ2) is 15.2. The molecule has 0 saturated heterocycles. The van der Waals surface area contributed by atoms with E-state index in [1.807, 2.05) is 24.3 Å². The lowest BCUT2D eigenvalue weighted by Gasteiger charge is -2.22. The number of amides is 2. The Kier molecular flexibility index (Phi) is 12.0. The van der Waals surface area contributed by atoms with E-state index in [0.29, 0.717) is 19.4 Å². The molecule has 0 spiro atoms. The highest BCUT2D eigenvalue weighted by Gasteiger charge is 2.28. The van der Waals surface area contributed by atoms with Gasteiger partial charge in [0.05, 0.1) is 19.8 Å². The molecule has 2 amide bonds. The van der Waals surface area contributed by atoms with Gasteiger partial charge in [0.25, 0.3) is 0 Å². The number of carbonyl (C=O) groups excluding carboxylic acids is 4. The Hall–Kier alpha value is -3.86. The molecule has 194 valence electrons. The second-order valence-corrected chi connectivity index (χ2v) is 7.90. The van der Waals surface area contributed by atoms with E-state index in [1.54, 1.807) is 6.20 Å². The van der Waals surface area contributed by atoms with Crippen LogP contribution in [0.15, 0.2) is 30.5 Å². The first-order valence-corrected chi connectivity index (χ1v) is 11.4. The number of nitrogens with one attached hydrogen (secondary N) is 3. The van der Waals surface area contributed by atoms with Gasteiger partial charge in [-0.3, -0.25) is 14.4 Å². The molecule has 3 N–H and O–H groups in total. The summed E-state index contributed by atoms with van der Waals surface area (Å²) in [6.45, 7) is 2.07. The largest absolute Gasteiger partial charge is 0.462 e. The number of methoxy groups -OCH3 is 1. The van der Waals surface area contributed by atoms with Crippen molar-refractivity contribution in [3.63, 3.8) is 0 Å². The highest BCUT2D eigenvalue weighted by atomic mass is 16.6. The number of aromatic nitrogens is 1. The Morgan fingerprint density at radius 2 is 1.83 bits per heavy atom. The summed E-state index contributed by atoms with van der Waals surface area (Å²) >= 11 is 0. The normalized spacial score (nSPS) is 12.3. The van der Waals surface area contributed by atoms with Crippen molar-refractivity contribution in [3.05, 3.63) is 41.6 Å². The molecule has 1 heterocycles. The minimum absolute atomic E-state index is 0.0641. The molecule has 36 heavy (non-hydrogen) atoms. The van der Waals surface area contributed by atoms with E-state index in [1.165, 1.54) is 14.0 Å². The third-order valence-corrected chi connectivity index (χ3v) is 5.18. The van der Waals surface area contributed by atoms with Crippen molar-refractivity contribution < 1.29 is 38.2 Å². The SMILES string of the molecule is COCCOCCOC(=O)[C@H](CCC(=O)C=[N+]=[N-])NC(=O)C(Cc1c[nH]c2ccccc12)NC(C)=O. The molecule has 0 fully saturated rings. The van der Waals surface area contributed by atoms with Crippen molar-refractivity contribution in [1.82, 2.24) is 15.6 Å². The summed E-state index contributed by atoms with van der Waals surface area (Å²) < 4.78 is 15.3. The number of para-hydroxylation sites is 1. The maximum atomic E-state index is 13.1. The molecule has 1 aromatic carbocycles. The van der Waals surface area contributed by atoms with Crippen LogP contribution in [0.4, 0.5) is 0 Å². The summed E-state index contributed by atoms with van der Waals surface area (Å²) in [5, 5.41) is 6.10. The van der Waals surface area contributed by atoms with Gasteiger partial charge in [0.1, 0.15) is 18.7 Å². The van der Waals surface area contributed by atoms with E-state index in [9.17, 15) is 19.2 Å². The Balaban J connectivity index is 2.10.